The quantitative estimate of drug-likeness (QED) is 0.0277. The highest BCUT2D eigenvalue weighted by Gasteiger charge is 2.21. The first-order valence-electron chi connectivity index (χ1n) is 25.7. The van der Waals surface area contributed by atoms with Crippen LogP contribution in [0, 0.1) is 11.8 Å². The molecule has 0 N–H and O–H groups in total. The van der Waals surface area contributed by atoms with E-state index in [2.05, 4.69) is 56.9 Å². The molecule has 9 nitrogen and oxygen atoms in total. The van der Waals surface area contributed by atoms with Crippen LogP contribution in [0.4, 0.5) is 4.79 Å². The molecule has 0 aliphatic carbocycles. The Balaban J connectivity index is 1.85. The molecule has 9 heteroatoms. The van der Waals surface area contributed by atoms with Crippen LogP contribution in [0.25, 0.3) is 0 Å². The molecule has 0 amide bonds. The van der Waals surface area contributed by atoms with Crippen molar-refractivity contribution >= 4 is 18.1 Å². The Labute approximate surface area is 384 Å². The normalized spacial score (nSPS) is 15.0. The van der Waals surface area contributed by atoms with Crippen molar-refractivity contribution in [2.24, 2.45) is 11.8 Å². The van der Waals surface area contributed by atoms with Crippen LogP contribution in [-0.2, 0) is 53.1 Å². The SMILES string of the molecule is CCCCC/C=C\C/C=C\CCCCCCCC(=O)OCc1cc(COC(=O)COCC(CCCCCC)CCCCCCCC)cc(COC(=O)OCC2CCCN(CC)C2)c1. The van der Waals surface area contributed by atoms with E-state index in [0.29, 0.717) is 37.0 Å². The molecular formula is C54H91NO8. The van der Waals surface area contributed by atoms with Crippen molar-refractivity contribution in [3.63, 3.8) is 0 Å². The molecule has 1 aliphatic heterocycles. The van der Waals surface area contributed by atoms with Gasteiger partial charge in [0.05, 0.1) is 13.2 Å². The van der Waals surface area contributed by atoms with Crippen molar-refractivity contribution in [2.45, 2.75) is 214 Å². The number of rotatable bonds is 39. The van der Waals surface area contributed by atoms with Crippen LogP contribution in [0.2, 0.25) is 0 Å². The zero-order valence-corrected chi connectivity index (χ0v) is 40.7. The van der Waals surface area contributed by atoms with E-state index in [-0.39, 0.29) is 32.4 Å². The number of ether oxygens (including phenoxy) is 5. The zero-order chi connectivity index (χ0) is 45.4. The summed E-state index contributed by atoms with van der Waals surface area (Å²) < 4.78 is 28.3. The molecule has 1 aliphatic rings. The van der Waals surface area contributed by atoms with Gasteiger partial charge in [0.1, 0.15) is 26.4 Å². The van der Waals surface area contributed by atoms with Crippen LogP contribution in [-0.4, -0.2) is 62.4 Å². The molecule has 2 unspecified atom stereocenters. The topological polar surface area (TPSA) is 101 Å². The fourth-order valence-electron chi connectivity index (χ4n) is 8.25. The first-order valence-corrected chi connectivity index (χ1v) is 25.7. The number of esters is 2. The monoisotopic (exact) mass is 882 g/mol. The van der Waals surface area contributed by atoms with Gasteiger partial charge in [-0.25, -0.2) is 9.59 Å². The predicted octanol–water partition coefficient (Wildman–Crippen LogP) is 14.3. The number of carbonyl (C=O) groups excluding carboxylic acids is 3. The zero-order valence-electron chi connectivity index (χ0n) is 40.7. The molecule has 0 saturated carbocycles. The number of hydrogen-bond acceptors (Lipinski definition) is 9. The van der Waals surface area contributed by atoms with E-state index in [0.717, 1.165) is 95.0 Å². The van der Waals surface area contributed by atoms with Gasteiger partial charge in [0.2, 0.25) is 0 Å². The van der Waals surface area contributed by atoms with E-state index in [4.69, 9.17) is 23.7 Å². The number of nitrogens with zero attached hydrogens (tertiary/aromatic N) is 1. The average Bonchev–Trinajstić information content (AvgIpc) is 3.29. The lowest BCUT2D eigenvalue weighted by atomic mass is 9.95. The molecule has 1 aromatic carbocycles. The summed E-state index contributed by atoms with van der Waals surface area (Å²) in [6.45, 7) is 12.8. The second kappa shape index (κ2) is 39.2. The number of allylic oxidation sites excluding steroid dienone is 4. The van der Waals surface area contributed by atoms with Gasteiger partial charge in [-0.3, -0.25) is 4.79 Å². The minimum atomic E-state index is -0.705. The van der Waals surface area contributed by atoms with Gasteiger partial charge in [0.15, 0.2) is 0 Å². The van der Waals surface area contributed by atoms with E-state index >= 15 is 0 Å². The third-order valence-electron chi connectivity index (χ3n) is 12.1. The highest BCUT2D eigenvalue weighted by Crippen LogP contribution is 2.21. The lowest BCUT2D eigenvalue weighted by molar-refractivity contribution is -0.150. The van der Waals surface area contributed by atoms with Gasteiger partial charge in [-0.15, -0.1) is 0 Å². The number of carbonyl (C=O) groups is 3. The molecule has 2 rings (SSSR count). The smallest absolute Gasteiger partial charge is 0.461 e. The molecule has 0 bridgehead atoms. The van der Waals surface area contributed by atoms with Crippen LogP contribution in [0.5, 0.6) is 0 Å². The summed E-state index contributed by atoms with van der Waals surface area (Å²) in [4.78, 5) is 40.6. The molecule has 1 aromatic rings. The van der Waals surface area contributed by atoms with Crippen LogP contribution in [0.3, 0.4) is 0 Å². The molecule has 0 radical (unpaired) electrons. The van der Waals surface area contributed by atoms with Gasteiger partial charge in [-0.05, 0) is 118 Å². The van der Waals surface area contributed by atoms with Crippen LogP contribution < -0.4 is 0 Å². The maximum Gasteiger partial charge on any atom is 0.508 e. The van der Waals surface area contributed by atoms with Gasteiger partial charge in [-0.2, -0.15) is 0 Å². The van der Waals surface area contributed by atoms with E-state index in [9.17, 15) is 14.4 Å². The molecule has 0 aromatic heterocycles. The lowest BCUT2D eigenvalue weighted by Crippen LogP contribution is -2.37. The number of hydrogen-bond donors (Lipinski definition) is 0. The van der Waals surface area contributed by atoms with Gasteiger partial charge in [0.25, 0.3) is 0 Å². The molecule has 1 heterocycles. The maximum atomic E-state index is 12.9. The van der Waals surface area contributed by atoms with Gasteiger partial charge >= 0.3 is 18.1 Å². The summed E-state index contributed by atoms with van der Waals surface area (Å²) in [6.07, 6.45) is 38.1. The number of unbranched alkanes of at least 4 members (excludes halogenated alkanes) is 16. The molecule has 1 saturated heterocycles. The number of piperidine rings is 1. The van der Waals surface area contributed by atoms with Gasteiger partial charge < -0.3 is 28.6 Å². The Bertz CT molecular complexity index is 1360. The Morgan fingerprint density at radius 3 is 1.78 bits per heavy atom. The van der Waals surface area contributed by atoms with Crippen molar-refractivity contribution in [3.8, 4) is 0 Å². The highest BCUT2D eigenvalue weighted by atomic mass is 16.7. The van der Waals surface area contributed by atoms with Crippen LogP contribution >= 0.6 is 0 Å². The van der Waals surface area contributed by atoms with Crippen molar-refractivity contribution in [1.82, 2.24) is 4.90 Å². The Morgan fingerprint density at radius 2 is 1.14 bits per heavy atom. The van der Waals surface area contributed by atoms with Crippen molar-refractivity contribution in [2.75, 3.05) is 39.5 Å². The summed E-state index contributed by atoms with van der Waals surface area (Å²) in [5.74, 6) is 0.106. The fraction of sp³-hybridized carbons (Fsp3) is 0.759. The largest absolute Gasteiger partial charge is 0.508 e. The summed E-state index contributed by atoms with van der Waals surface area (Å²) >= 11 is 0. The molecule has 360 valence electrons. The van der Waals surface area contributed by atoms with Gasteiger partial charge in [-0.1, -0.05) is 148 Å². The molecule has 2 atom stereocenters. The van der Waals surface area contributed by atoms with Crippen molar-refractivity contribution in [3.05, 3.63) is 59.2 Å². The third kappa shape index (κ3) is 31.4. The van der Waals surface area contributed by atoms with E-state index in [1.54, 1.807) is 0 Å². The second-order valence-electron chi connectivity index (χ2n) is 18.0. The second-order valence-corrected chi connectivity index (χ2v) is 18.0. The average molecular weight is 882 g/mol. The minimum Gasteiger partial charge on any atom is -0.461 e. The summed E-state index contributed by atoms with van der Waals surface area (Å²) in [5, 5.41) is 0. The van der Waals surface area contributed by atoms with Gasteiger partial charge in [0, 0.05) is 18.9 Å². The molecular weight excluding hydrogens is 791 g/mol. The summed E-state index contributed by atoms with van der Waals surface area (Å²) in [7, 11) is 0. The molecule has 1 fully saturated rings. The van der Waals surface area contributed by atoms with Crippen LogP contribution in [0.1, 0.15) is 211 Å². The number of benzene rings is 1. The Hall–Kier alpha value is -3.17. The minimum absolute atomic E-state index is 0.0133. The van der Waals surface area contributed by atoms with Crippen molar-refractivity contribution in [1.29, 1.82) is 0 Å². The predicted molar refractivity (Wildman–Crippen MR) is 257 cm³/mol. The first kappa shape index (κ1) is 56.0. The Morgan fingerprint density at radius 1 is 0.619 bits per heavy atom. The van der Waals surface area contributed by atoms with E-state index < -0.39 is 12.1 Å². The van der Waals surface area contributed by atoms with E-state index in [1.165, 1.54) is 96.3 Å². The Kier molecular flexibility index (Phi) is 34.8. The van der Waals surface area contributed by atoms with Crippen LogP contribution in [0.15, 0.2) is 42.5 Å². The maximum absolute atomic E-state index is 12.9. The van der Waals surface area contributed by atoms with Crippen molar-refractivity contribution < 1.29 is 38.1 Å². The fourth-order valence-corrected chi connectivity index (χ4v) is 8.25. The number of likely N-dealkylation sites (tertiary alicyclic amines) is 1. The highest BCUT2D eigenvalue weighted by molar-refractivity contribution is 5.70. The molecule has 0 spiro atoms. The van der Waals surface area contributed by atoms with E-state index in [1.807, 2.05) is 18.2 Å². The summed E-state index contributed by atoms with van der Waals surface area (Å²) in [5.41, 5.74) is 2.16. The third-order valence-corrected chi connectivity index (χ3v) is 12.1. The summed E-state index contributed by atoms with van der Waals surface area (Å²) in [6, 6.07) is 5.58. The standard InChI is InChI=1S/C54H91NO8/c1-5-9-12-15-17-18-19-20-21-22-23-24-25-27-30-35-52(56)60-43-49-37-50(39-51(38-49)45-63-54(58)62-42-48-34-31-36-55(8-4)40-48)44-61-53(57)46-59-41-47(32-28-14-11-7-3)33-29-26-16-13-10-6-2/h17-18,20-21,37-39,47-48H,5-16,19,22-36,40-46H2,1-4H3/b18-17-,21-20-. The lowest BCUT2D eigenvalue weighted by Gasteiger charge is -2.31. The first-order chi connectivity index (χ1) is 30.9. The molecule has 63 heavy (non-hydrogen) atoms.